The van der Waals surface area contributed by atoms with Gasteiger partial charge in [-0.25, -0.2) is 0 Å². The van der Waals surface area contributed by atoms with Crippen molar-refractivity contribution in [3.05, 3.63) is 29.8 Å². The van der Waals surface area contributed by atoms with Gasteiger partial charge in [-0.05, 0) is 18.6 Å². The molecule has 0 fully saturated rings. The minimum absolute atomic E-state index is 0.0578. The van der Waals surface area contributed by atoms with Gasteiger partial charge in [-0.3, -0.25) is 0 Å². The summed E-state index contributed by atoms with van der Waals surface area (Å²) in [6.07, 6.45) is 0. The van der Waals surface area contributed by atoms with Crippen molar-refractivity contribution in [3.8, 4) is 0 Å². The van der Waals surface area contributed by atoms with Crippen LogP contribution < -0.4 is 5.73 Å². The summed E-state index contributed by atoms with van der Waals surface area (Å²) in [6, 6.07) is 8.11. The molecule has 3 heteroatoms. The van der Waals surface area contributed by atoms with Crippen molar-refractivity contribution in [1.82, 2.24) is 0 Å². The monoisotopic (exact) mass is 197 g/mol. The van der Waals surface area contributed by atoms with Crippen LogP contribution in [0.25, 0.3) is 0 Å². The summed E-state index contributed by atoms with van der Waals surface area (Å²) in [7, 11) is 0. The van der Waals surface area contributed by atoms with Crippen molar-refractivity contribution in [2.24, 2.45) is 5.73 Å². The highest BCUT2D eigenvalue weighted by atomic mass is 32.2. The van der Waals surface area contributed by atoms with Crippen LogP contribution >= 0.6 is 11.8 Å². The fourth-order valence-electron chi connectivity index (χ4n) is 1.14. The van der Waals surface area contributed by atoms with Crippen LogP contribution in [0.3, 0.4) is 0 Å². The van der Waals surface area contributed by atoms with E-state index in [0.29, 0.717) is 0 Å². The van der Waals surface area contributed by atoms with E-state index < -0.39 is 0 Å². The van der Waals surface area contributed by atoms with Crippen LogP contribution in [0.15, 0.2) is 29.2 Å². The van der Waals surface area contributed by atoms with Crippen LogP contribution in [0, 0.1) is 0 Å². The van der Waals surface area contributed by atoms with E-state index in [1.54, 1.807) is 11.8 Å². The number of aliphatic hydroxyl groups is 1. The lowest BCUT2D eigenvalue weighted by atomic mass is 10.1. The SMILES string of the molecule is CC(N)c1ccccc1SCCO. The highest BCUT2D eigenvalue weighted by Crippen LogP contribution is 2.25. The Morgan fingerprint density at radius 3 is 2.77 bits per heavy atom. The number of aliphatic hydroxyl groups excluding tert-OH is 1. The number of thioether (sulfide) groups is 1. The zero-order valence-corrected chi connectivity index (χ0v) is 8.55. The maximum Gasteiger partial charge on any atom is 0.0525 e. The number of hydrogen-bond donors (Lipinski definition) is 2. The van der Waals surface area contributed by atoms with Crippen LogP contribution in [-0.2, 0) is 0 Å². The summed E-state index contributed by atoms with van der Waals surface area (Å²) in [4.78, 5) is 1.17. The molecule has 13 heavy (non-hydrogen) atoms. The Bertz CT molecular complexity index is 263. The van der Waals surface area contributed by atoms with E-state index in [-0.39, 0.29) is 12.6 Å². The predicted molar refractivity (Wildman–Crippen MR) is 56.9 cm³/mol. The molecule has 0 saturated carbocycles. The molecule has 0 aromatic heterocycles. The van der Waals surface area contributed by atoms with Gasteiger partial charge >= 0.3 is 0 Å². The topological polar surface area (TPSA) is 46.2 Å². The quantitative estimate of drug-likeness (QED) is 0.723. The number of hydrogen-bond acceptors (Lipinski definition) is 3. The Balaban J connectivity index is 2.78. The first kappa shape index (κ1) is 10.6. The van der Waals surface area contributed by atoms with Gasteiger partial charge in [0.05, 0.1) is 6.61 Å². The van der Waals surface area contributed by atoms with Crippen LogP contribution in [-0.4, -0.2) is 17.5 Å². The third kappa shape index (κ3) is 3.03. The minimum Gasteiger partial charge on any atom is -0.396 e. The smallest absolute Gasteiger partial charge is 0.0525 e. The van der Waals surface area contributed by atoms with Crippen molar-refractivity contribution in [2.45, 2.75) is 17.9 Å². The predicted octanol–water partition coefficient (Wildman–Crippen LogP) is 1.79. The summed E-state index contributed by atoms with van der Waals surface area (Å²) < 4.78 is 0. The van der Waals surface area contributed by atoms with Gasteiger partial charge in [0.25, 0.3) is 0 Å². The van der Waals surface area contributed by atoms with Crippen LogP contribution in [0.5, 0.6) is 0 Å². The van der Waals surface area contributed by atoms with Crippen LogP contribution in [0.4, 0.5) is 0 Å². The third-order valence-corrected chi connectivity index (χ3v) is 2.83. The highest BCUT2D eigenvalue weighted by molar-refractivity contribution is 7.99. The summed E-state index contributed by atoms with van der Waals surface area (Å²) in [5.74, 6) is 0.726. The molecule has 0 heterocycles. The molecule has 1 unspecified atom stereocenters. The molecule has 0 saturated heterocycles. The maximum absolute atomic E-state index is 8.70. The molecule has 1 atom stereocenters. The van der Waals surface area contributed by atoms with E-state index in [1.165, 1.54) is 4.90 Å². The normalized spacial score (nSPS) is 12.8. The molecule has 72 valence electrons. The zero-order chi connectivity index (χ0) is 9.68. The van der Waals surface area contributed by atoms with Gasteiger partial charge in [-0.15, -0.1) is 11.8 Å². The molecule has 3 N–H and O–H groups in total. The second-order valence-electron chi connectivity index (χ2n) is 2.90. The molecular formula is C10H15NOS. The molecule has 1 aromatic carbocycles. The molecule has 0 radical (unpaired) electrons. The third-order valence-electron chi connectivity index (χ3n) is 1.76. The summed E-state index contributed by atoms with van der Waals surface area (Å²) >= 11 is 1.65. The molecule has 0 bridgehead atoms. The number of benzene rings is 1. The number of nitrogens with two attached hydrogens (primary N) is 1. The average Bonchev–Trinajstić information content (AvgIpc) is 2.15. The molecule has 0 aliphatic heterocycles. The molecular weight excluding hydrogens is 182 g/mol. The zero-order valence-electron chi connectivity index (χ0n) is 7.73. The van der Waals surface area contributed by atoms with Gasteiger partial charge in [-0.2, -0.15) is 0 Å². The summed E-state index contributed by atoms with van der Waals surface area (Å²) in [5, 5.41) is 8.70. The van der Waals surface area contributed by atoms with E-state index in [0.717, 1.165) is 11.3 Å². The van der Waals surface area contributed by atoms with Crippen LogP contribution in [0.2, 0.25) is 0 Å². The lowest BCUT2D eigenvalue weighted by Crippen LogP contribution is -2.06. The van der Waals surface area contributed by atoms with Gasteiger partial charge in [-0.1, -0.05) is 18.2 Å². The van der Waals surface area contributed by atoms with Crippen molar-refractivity contribution in [2.75, 3.05) is 12.4 Å². The first-order valence-corrected chi connectivity index (χ1v) is 5.32. The van der Waals surface area contributed by atoms with E-state index in [2.05, 4.69) is 0 Å². The molecule has 0 spiro atoms. The van der Waals surface area contributed by atoms with Crippen LogP contribution in [0.1, 0.15) is 18.5 Å². The lowest BCUT2D eigenvalue weighted by molar-refractivity contribution is 0.322. The molecule has 0 amide bonds. The van der Waals surface area contributed by atoms with Crippen molar-refractivity contribution < 1.29 is 5.11 Å². The van der Waals surface area contributed by atoms with E-state index in [1.807, 2.05) is 31.2 Å². The fraction of sp³-hybridized carbons (Fsp3) is 0.400. The van der Waals surface area contributed by atoms with Gasteiger partial charge in [0.2, 0.25) is 0 Å². The average molecular weight is 197 g/mol. The molecule has 0 aliphatic rings. The van der Waals surface area contributed by atoms with Crippen molar-refractivity contribution in [3.63, 3.8) is 0 Å². The van der Waals surface area contributed by atoms with Crippen molar-refractivity contribution in [1.29, 1.82) is 0 Å². The molecule has 2 nitrogen and oxygen atoms in total. The maximum atomic E-state index is 8.70. The molecule has 0 aliphatic carbocycles. The van der Waals surface area contributed by atoms with E-state index in [4.69, 9.17) is 10.8 Å². The van der Waals surface area contributed by atoms with Gasteiger partial charge in [0.15, 0.2) is 0 Å². The Morgan fingerprint density at radius 2 is 2.15 bits per heavy atom. The first-order valence-electron chi connectivity index (χ1n) is 4.34. The molecule has 1 rings (SSSR count). The van der Waals surface area contributed by atoms with E-state index in [9.17, 15) is 0 Å². The second kappa shape index (κ2) is 5.27. The van der Waals surface area contributed by atoms with Gasteiger partial charge < -0.3 is 10.8 Å². The Labute approximate surface area is 83.1 Å². The Kier molecular flexibility index (Phi) is 4.28. The van der Waals surface area contributed by atoms with Gasteiger partial charge in [0.1, 0.15) is 0 Å². The summed E-state index contributed by atoms with van der Waals surface area (Å²) in [6.45, 7) is 2.18. The minimum atomic E-state index is 0.0578. The van der Waals surface area contributed by atoms with Crippen molar-refractivity contribution >= 4 is 11.8 Å². The Morgan fingerprint density at radius 1 is 1.46 bits per heavy atom. The fourth-order valence-corrected chi connectivity index (χ4v) is 2.05. The largest absolute Gasteiger partial charge is 0.396 e. The lowest BCUT2D eigenvalue weighted by Gasteiger charge is -2.11. The highest BCUT2D eigenvalue weighted by Gasteiger charge is 2.05. The second-order valence-corrected chi connectivity index (χ2v) is 4.04. The first-order chi connectivity index (χ1) is 6.25. The Hall–Kier alpha value is -0.510. The number of rotatable bonds is 4. The summed E-state index contributed by atoms with van der Waals surface area (Å²) in [5.41, 5.74) is 6.96. The van der Waals surface area contributed by atoms with Gasteiger partial charge in [0, 0.05) is 16.7 Å². The van der Waals surface area contributed by atoms with E-state index >= 15 is 0 Å². The molecule has 1 aromatic rings. The standard InChI is InChI=1S/C10H15NOS/c1-8(11)9-4-2-3-5-10(9)13-7-6-12/h2-5,8,12H,6-7,11H2,1H3.